The number of hydrogen-bond acceptors (Lipinski definition) is 2. The lowest BCUT2D eigenvalue weighted by Gasteiger charge is -2.14. The summed E-state index contributed by atoms with van der Waals surface area (Å²) in [4.78, 5) is 22.5. The first-order chi connectivity index (χ1) is 7.32. The minimum atomic E-state index is -1.56. The number of benzene rings is 1. The number of anilines is 1. The van der Waals surface area contributed by atoms with Gasteiger partial charge in [0.05, 0.1) is 11.3 Å². The van der Waals surface area contributed by atoms with E-state index in [0.717, 1.165) is 0 Å². The van der Waals surface area contributed by atoms with Gasteiger partial charge in [-0.15, -0.1) is 0 Å². The highest BCUT2D eigenvalue weighted by Gasteiger charge is 2.28. The highest BCUT2D eigenvalue weighted by Crippen LogP contribution is 2.23. The number of alkyl halides is 2. The van der Waals surface area contributed by atoms with Crippen molar-refractivity contribution < 1.29 is 9.59 Å². The van der Waals surface area contributed by atoms with Crippen LogP contribution in [-0.4, -0.2) is 16.1 Å². The van der Waals surface area contributed by atoms with Gasteiger partial charge in [0.1, 0.15) is 0 Å². The Balaban J connectivity index is 2.98. The van der Waals surface area contributed by atoms with Crippen LogP contribution in [0.1, 0.15) is 17.3 Å². The molecule has 0 aliphatic rings. The number of amides is 2. The second kappa shape index (κ2) is 4.72. The first-order valence-electron chi connectivity index (χ1n) is 4.40. The lowest BCUT2D eigenvalue weighted by Crippen LogP contribution is -2.30. The number of halogens is 2. The molecule has 0 aliphatic carbocycles. The number of carbonyl (C=O) groups excluding carboxylic acids is 2. The predicted octanol–water partition coefficient (Wildman–Crippen LogP) is 1.92. The zero-order valence-corrected chi connectivity index (χ0v) is 9.97. The van der Waals surface area contributed by atoms with Crippen LogP contribution < -0.4 is 11.1 Å². The third-order valence-corrected chi connectivity index (χ3v) is 2.18. The molecule has 0 atom stereocenters. The molecule has 6 heteroatoms. The second-order valence-electron chi connectivity index (χ2n) is 3.25. The van der Waals surface area contributed by atoms with Gasteiger partial charge in [-0.05, 0) is 19.1 Å². The zero-order valence-electron chi connectivity index (χ0n) is 8.46. The summed E-state index contributed by atoms with van der Waals surface area (Å²) >= 11 is 11.2. The van der Waals surface area contributed by atoms with Gasteiger partial charge in [-0.25, -0.2) is 0 Å². The smallest absolute Gasteiger partial charge is 0.260 e. The maximum atomic E-state index is 11.5. The summed E-state index contributed by atoms with van der Waals surface area (Å²) in [6.07, 6.45) is 0. The summed E-state index contributed by atoms with van der Waals surface area (Å²) in [6, 6.07) is 6.33. The van der Waals surface area contributed by atoms with E-state index in [1.165, 1.54) is 19.1 Å². The molecule has 0 fully saturated rings. The Kier molecular flexibility index (Phi) is 3.78. The van der Waals surface area contributed by atoms with Crippen LogP contribution in [0.5, 0.6) is 0 Å². The molecular weight excluding hydrogens is 251 g/mol. The molecule has 1 aromatic carbocycles. The molecule has 0 saturated heterocycles. The fourth-order valence-electron chi connectivity index (χ4n) is 1.04. The van der Waals surface area contributed by atoms with E-state index >= 15 is 0 Å². The summed E-state index contributed by atoms with van der Waals surface area (Å²) in [6.45, 7) is 1.33. The van der Waals surface area contributed by atoms with E-state index in [4.69, 9.17) is 28.9 Å². The molecule has 0 saturated carbocycles. The summed E-state index contributed by atoms with van der Waals surface area (Å²) in [7, 11) is 0. The molecule has 3 N–H and O–H groups in total. The van der Waals surface area contributed by atoms with Crippen molar-refractivity contribution in [3.05, 3.63) is 29.8 Å². The Morgan fingerprint density at radius 1 is 1.31 bits per heavy atom. The number of hydrogen-bond donors (Lipinski definition) is 2. The van der Waals surface area contributed by atoms with Crippen molar-refractivity contribution in [2.45, 2.75) is 11.3 Å². The average Bonchev–Trinajstić information content (AvgIpc) is 2.16. The third-order valence-electron chi connectivity index (χ3n) is 1.84. The summed E-state index contributed by atoms with van der Waals surface area (Å²) in [5.74, 6) is -1.26. The van der Waals surface area contributed by atoms with Crippen molar-refractivity contribution in [2.24, 2.45) is 5.73 Å². The van der Waals surface area contributed by atoms with Crippen molar-refractivity contribution in [3.8, 4) is 0 Å². The zero-order chi connectivity index (χ0) is 12.3. The molecule has 86 valence electrons. The van der Waals surface area contributed by atoms with Crippen LogP contribution in [-0.2, 0) is 4.79 Å². The predicted molar refractivity (Wildman–Crippen MR) is 63.7 cm³/mol. The topological polar surface area (TPSA) is 72.2 Å². The van der Waals surface area contributed by atoms with Crippen LogP contribution in [0.2, 0.25) is 0 Å². The van der Waals surface area contributed by atoms with E-state index in [-0.39, 0.29) is 11.3 Å². The van der Waals surface area contributed by atoms with E-state index in [9.17, 15) is 9.59 Å². The van der Waals surface area contributed by atoms with Gasteiger partial charge in [0.25, 0.3) is 11.8 Å². The SMILES string of the molecule is CC(Cl)(Cl)C(=O)Nc1ccccc1C(N)=O. The van der Waals surface area contributed by atoms with Gasteiger partial charge in [0.15, 0.2) is 4.33 Å². The van der Waals surface area contributed by atoms with E-state index in [2.05, 4.69) is 5.32 Å². The lowest BCUT2D eigenvalue weighted by molar-refractivity contribution is -0.116. The molecule has 0 unspecified atom stereocenters. The second-order valence-corrected chi connectivity index (χ2v) is 4.96. The van der Waals surface area contributed by atoms with Crippen LogP contribution >= 0.6 is 23.2 Å². The van der Waals surface area contributed by atoms with Gasteiger partial charge in [0, 0.05) is 0 Å². The van der Waals surface area contributed by atoms with E-state index < -0.39 is 16.1 Å². The molecule has 16 heavy (non-hydrogen) atoms. The van der Waals surface area contributed by atoms with Crippen molar-refractivity contribution >= 4 is 40.7 Å². The number of nitrogens with two attached hydrogens (primary N) is 1. The van der Waals surface area contributed by atoms with Crippen LogP contribution in [0.4, 0.5) is 5.69 Å². The minimum absolute atomic E-state index is 0.202. The maximum Gasteiger partial charge on any atom is 0.260 e. The summed E-state index contributed by atoms with van der Waals surface area (Å²) < 4.78 is -1.56. The van der Waals surface area contributed by atoms with E-state index in [1.807, 2.05) is 0 Å². The lowest BCUT2D eigenvalue weighted by atomic mass is 10.1. The van der Waals surface area contributed by atoms with Crippen LogP contribution in [0.25, 0.3) is 0 Å². The number of nitrogens with one attached hydrogen (secondary N) is 1. The first kappa shape index (κ1) is 12.8. The van der Waals surface area contributed by atoms with Gasteiger partial charge in [-0.2, -0.15) is 0 Å². The van der Waals surface area contributed by atoms with Gasteiger partial charge in [-0.3, -0.25) is 9.59 Å². The minimum Gasteiger partial charge on any atom is -0.366 e. The van der Waals surface area contributed by atoms with Crippen LogP contribution in [0, 0.1) is 0 Å². The standard InChI is InChI=1S/C10H10Cl2N2O2/c1-10(11,12)9(16)14-7-5-3-2-4-6(7)8(13)15/h2-5H,1H3,(H2,13,15)(H,14,16). The molecule has 0 aliphatic heterocycles. The average molecular weight is 261 g/mol. The fourth-order valence-corrected chi connectivity index (χ4v) is 1.13. The molecule has 0 spiro atoms. The molecular formula is C10H10Cl2N2O2. The summed E-state index contributed by atoms with van der Waals surface area (Å²) in [5, 5.41) is 2.43. The van der Waals surface area contributed by atoms with Crippen molar-refractivity contribution in [2.75, 3.05) is 5.32 Å². The van der Waals surface area contributed by atoms with Gasteiger partial charge in [0.2, 0.25) is 0 Å². The van der Waals surface area contributed by atoms with Crippen molar-refractivity contribution in [3.63, 3.8) is 0 Å². The fraction of sp³-hybridized carbons (Fsp3) is 0.200. The molecule has 0 bridgehead atoms. The Morgan fingerprint density at radius 3 is 2.38 bits per heavy atom. The monoisotopic (exact) mass is 260 g/mol. The Morgan fingerprint density at radius 2 is 1.88 bits per heavy atom. The highest BCUT2D eigenvalue weighted by atomic mass is 35.5. The molecule has 2 amide bonds. The Hall–Kier alpha value is -1.26. The molecule has 1 aromatic rings. The van der Waals surface area contributed by atoms with Crippen LogP contribution in [0.15, 0.2) is 24.3 Å². The Bertz CT molecular complexity index is 427. The van der Waals surface area contributed by atoms with Gasteiger partial charge < -0.3 is 11.1 Å². The molecule has 1 rings (SSSR count). The summed E-state index contributed by atoms with van der Waals surface area (Å²) in [5.41, 5.74) is 5.63. The normalized spacial score (nSPS) is 10.9. The number of primary amides is 1. The maximum absolute atomic E-state index is 11.5. The molecule has 0 aromatic heterocycles. The van der Waals surface area contributed by atoms with Gasteiger partial charge >= 0.3 is 0 Å². The number of carbonyl (C=O) groups is 2. The quantitative estimate of drug-likeness (QED) is 0.816. The first-order valence-corrected chi connectivity index (χ1v) is 5.16. The molecule has 4 nitrogen and oxygen atoms in total. The Labute approximate surface area is 103 Å². The third kappa shape index (κ3) is 3.12. The number of rotatable bonds is 3. The highest BCUT2D eigenvalue weighted by molar-refractivity contribution is 6.58. The van der Waals surface area contributed by atoms with Crippen LogP contribution in [0.3, 0.4) is 0 Å². The van der Waals surface area contributed by atoms with Crippen molar-refractivity contribution in [1.29, 1.82) is 0 Å². The van der Waals surface area contributed by atoms with Gasteiger partial charge in [-0.1, -0.05) is 35.3 Å². The number of para-hydroxylation sites is 1. The van der Waals surface area contributed by atoms with E-state index in [0.29, 0.717) is 0 Å². The van der Waals surface area contributed by atoms with Crippen molar-refractivity contribution in [1.82, 2.24) is 0 Å². The molecule has 0 radical (unpaired) electrons. The largest absolute Gasteiger partial charge is 0.366 e. The molecule has 0 heterocycles. The van der Waals surface area contributed by atoms with E-state index in [1.54, 1.807) is 12.1 Å².